The number of hydrogen-bond acceptors (Lipinski definition) is 5. The first-order valence-electron chi connectivity index (χ1n) is 8.96. The van der Waals surface area contributed by atoms with Crippen LogP contribution in [0.15, 0.2) is 44.4 Å². The van der Waals surface area contributed by atoms with Gasteiger partial charge in [-0.1, -0.05) is 24.8 Å². The fourth-order valence-corrected chi connectivity index (χ4v) is 3.88. The van der Waals surface area contributed by atoms with Crippen LogP contribution in [0.25, 0.3) is 11.1 Å². The highest BCUT2D eigenvalue weighted by molar-refractivity contribution is 7.98. The molecule has 4 rings (SSSR count). The predicted octanol–water partition coefficient (Wildman–Crippen LogP) is 4.89. The Morgan fingerprint density at radius 2 is 2.04 bits per heavy atom. The van der Waals surface area contributed by atoms with E-state index in [-0.39, 0.29) is 5.91 Å². The fourth-order valence-electron chi connectivity index (χ4n) is 3.15. The molecule has 3 heterocycles. The molecule has 0 atom stereocenters. The lowest BCUT2D eigenvalue weighted by atomic mass is 9.99. The van der Waals surface area contributed by atoms with Crippen LogP contribution < -0.4 is 0 Å². The van der Waals surface area contributed by atoms with E-state index in [1.54, 1.807) is 6.07 Å². The molecule has 1 aliphatic rings. The van der Waals surface area contributed by atoms with Crippen LogP contribution in [0.1, 0.15) is 41.6 Å². The smallest absolute Gasteiger partial charge is 0.289 e. The molecule has 0 N–H and O–H groups in total. The van der Waals surface area contributed by atoms with E-state index >= 15 is 0 Å². The SMILES string of the molecule is Cc1ccc2oc(SCc3ccc(C(=O)N4CCC(C)CC4)o3)nc2c1. The zero-order chi connectivity index (χ0) is 18.1. The number of aryl methyl sites for hydroxylation is 1. The molecule has 5 nitrogen and oxygen atoms in total. The van der Waals surface area contributed by atoms with Gasteiger partial charge in [0.15, 0.2) is 11.3 Å². The number of oxazole rings is 1. The van der Waals surface area contributed by atoms with Crippen molar-refractivity contribution >= 4 is 28.8 Å². The standard InChI is InChI=1S/C20H22N2O3S/c1-13-7-9-22(10-8-13)19(23)18-6-4-15(24-18)12-26-20-21-16-11-14(2)3-5-17(16)25-20/h3-6,11,13H,7-10,12H2,1-2H3. The van der Waals surface area contributed by atoms with Crippen molar-refractivity contribution < 1.29 is 13.6 Å². The average Bonchev–Trinajstić information content (AvgIpc) is 3.26. The predicted molar refractivity (Wildman–Crippen MR) is 101 cm³/mol. The van der Waals surface area contributed by atoms with Gasteiger partial charge in [0, 0.05) is 13.1 Å². The number of hydrogen-bond donors (Lipinski definition) is 0. The highest BCUT2D eigenvalue weighted by Gasteiger charge is 2.23. The molecule has 1 aliphatic heterocycles. The Hall–Kier alpha value is -2.21. The van der Waals surface area contributed by atoms with Gasteiger partial charge in [-0.15, -0.1) is 0 Å². The Morgan fingerprint density at radius 1 is 1.23 bits per heavy atom. The molecule has 26 heavy (non-hydrogen) atoms. The number of aromatic nitrogens is 1. The van der Waals surface area contributed by atoms with Gasteiger partial charge in [-0.25, -0.2) is 4.98 Å². The molecule has 2 aromatic heterocycles. The molecule has 0 spiro atoms. The van der Waals surface area contributed by atoms with Crippen molar-refractivity contribution in [3.63, 3.8) is 0 Å². The lowest BCUT2D eigenvalue weighted by molar-refractivity contribution is 0.0663. The maximum Gasteiger partial charge on any atom is 0.289 e. The molecule has 0 radical (unpaired) electrons. The van der Waals surface area contributed by atoms with Gasteiger partial charge in [-0.05, 0) is 55.5 Å². The molecule has 0 saturated carbocycles. The molecular weight excluding hydrogens is 348 g/mol. The van der Waals surface area contributed by atoms with E-state index in [9.17, 15) is 4.79 Å². The average molecular weight is 370 g/mol. The van der Waals surface area contributed by atoms with Crippen LogP contribution in [0.2, 0.25) is 0 Å². The zero-order valence-corrected chi connectivity index (χ0v) is 15.8. The second-order valence-corrected chi connectivity index (χ2v) is 7.91. The highest BCUT2D eigenvalue weighted by atomic mass is 32.2. The van der Waals surface area contributed by atoms with E-state index in [0.717, 1.165) is 48.4 Å². The lowest BCUT2D eigenvalue weighted by Crippen LogP contribution is -2.37. The van der Waals surface area contributed by atoms with Crippen molar-refractivity contribution in [2.45, 2.75) is 37.7 Å². The Labute approximate surface area is 156 Å². The van der Waals surface area contributed by atoms with Crippen LogP contribution in [-0.4, -0.2) is 28.9 Å². The number of piperidine rings is 1. The third-order valence-corrected chi connectivity index (χ3v) is 5.66. The third kappa shape index (κ3) is 3.65. The van der Waals surface area contributed by atoms with Crippen molar-refractivity contribution in [3.8, 4) is 0 Å². The number of carbonyl (C=O) groups is 1. The van der Waals surface area contributed by atoms with Crippen LogP contribution in [-0.2, 0) is 5.75 Å². The highest BCUT2D eigenvalue weighted by Crippen LogP contribution is 2.28. The van der Waals surface area contributed by atoms with Crippen LogP contribution in [0, 0.1) is 12.8 Å². The van der Waals surface area contributed by atoms with Crippen molar-refractivity contribution in [1.29, 1.82) is 0 Å². The summed E-state index contributed by atoms with van der Waals surface area (Å²) in [4.78, 5) is 18.9. The molecule has 1 saturated heterocycles. The van der Waals surface area contributed by atoms with Crippen LogP contribution >= 0.6 is 11.8 Å². The molecular formula is C20H22N2O3S. The number of thioether (sulfide) groups is 1. The molecule has 1 amide bonds. The van der Waals surface area contributed by atoms with E-state index in [4.69, 9.17) is 8.83 Å². The lowest BCUT2D eigenvalue weighted by Gasteiger charge is -2.29. The summed E-state index contributed by atoms with van der Waals surface area (Å²) in [6, 6.07) is 9.58. The van der Waals surface area contributed by atoms with Crippen molar-refractivity contribution in [2.24, 2.45) is 5.92 Å². The number of likely N-dealkylation sites (tertiary alicyclic amines) is 1. The van der Waals surface area contributed by atoms with Gasteiger partial charge >= 0.3 is 0 Å². The fraction of sp³-hybridized carbons (Fsp3) is 0.400. The Balaban J connectivity index is 1.39. The van der Waals surface area contributed by atoms with E-state index < -0.39 is 0 Å². The minimum atomic E-state index is -0.00881. The van der Waals surface area contributed by atoms with Crippen molar-refractivity contribution in [2.75, 3.05) is 13.1 Å². The number of fused-ring (bicyclic) bond motifs is 1. The minimum Gasteiger partial charge on any atom is -0.455 e. The second-order valence-electron chi connectivity index (χ2n) is 6.98. The monoisotopic (exact) mass is 370 g/mol. The molecule has 0 bridgehead atoms. The van der Waals surface area contributed by atoms with Crippen molar-refractivity contribution in [1.82, 2.24) is 9.88 Å². The van der Waals surface area contributed by atoms with Crippen LogP contribution in [0.3, 0.4) is 0 Å². The Kier molecular flexibility index (Phi) is 4.76. The molecule has 1 fully saturated rings. The zero-order valence-electron chi connectivity index (χ0n) is 15.0. The third-order valence-electron chi connectivity index (χ3n) is 4.80. The van der Waals surface area contributed by atoms with E-state index in [2.05, 4.69) is 11.9 Å². The van der Waals surface area contributed by atoms with Gasteiger partial charge in [0.2, 0.25) is 0 Å². The van der Waals surface area contributed by atoms with Gasteiger partial charge in [0.25, 0.3) is 11.1 Å². The number of rotatable bonds is 4. The number of amides is 1. The summed E-state index contributed by atoms with van der Waals surface area (Å²) in [5.74, 6) is 2.44. The largest absolute Gasteiger partial charge is 0.455 e. The molecule has 136 valence electrons. The van der Waals surface area contributed by atoms with Gasteiger partial charge in [-0.3, -0.25) is 4.79 Å². The molecule has 3 aromatic rings. The first-order valence-corrected chi connectivity index (χ1v) is 9.95. The maximum atomic E-state index is 12.5. The number of carbonyl (C=O) groups excluding carboxylic acids is 1. The van der Waals surface area contributed by atoms with Crippen molar-refractivity contribution in [3.05, 3.63) is 47.4 Å². The quantitative estimate of drug-likeness (QED) is 0.612. The first kappa shape index (κ1) is 17.2. The number of nitrogens with zero attached hydrogens (tertiary/aromatic N) is 2. The summed E-state index contributed by atoms with van der Waals surface area (Å²) < 4.78 is 11.5. The Bertz CT molecular complexity index is 922. The maximum absolute atomic E-state index is 12.5. The summed E-state index contributed by atoms with van der Waals surface area (Å²) in [5.41, 5.74) is 2.80. The number of furan rings is 1. The molecule has 1 aromatic carbocycles. The Morgan fingerprint density at radius 3 is 2.85 bits per heavy atom. The summed E-state index contributed by atoms with van der Waals surface area (Å²) in [6.07, 6.45) is 2.12. The van der Waals surface area contributed by atoms with Gasteiger partial charge in [0.05, 0.1) is 5.75 Å². The van der Waals surface area contributed by atoms with E-state index in [1.807, 2.05) is 36.1 Å². The van der Waals surface area contributed by atoms with Crippen LogP contribution in [0.4, 0.5) is 0 Å². The minimum absolute atomic E-state index is 0.00881. The van der Waals surface area contributed by atoms with Gasteiger partial charge < -0.3 is 13.7 Å². The summed E-state index contributed by atoms with van der Waals surface area (Å²) in [6.45, 7) is 5.89. The van der Waals surface area contributed by atoms with E-state index in [0.29, 0.717) is 22.7 Å². The van der Waals surface area contributed by atoms with E-state index in [1.165, 1.54) is 11.8 Å². The van der Waals surface area contributed by atoms with Gasteiger partial charge in [-0.2, -0.15) is 0 Å². The topological polar surface area (TPSA) is 59.5 Å². The van der Waals surface area contributed by atoms with Gasteiger partial charge in [0.1, 0.15) is 11.3 Å². The first-order chi connectivity index (χ1) is 12.6. The molecule has 0 aliphatic carbocycles. The second kappa shape index (κ2) is 7.19. The summed E-state index contributed by atoms with van der Waals surface area (Å²) in [7, 11) is 0. The normalized spacial score (nSPS) is 15.7. The molecule has 6 heteroatoms. The summed E-state index contributed by atoms with van der Waals surface area (Å²) >= 11 is 1.47. The summed E-state index contributed by atoms with van der Waals surface area (Å²) in [5, 5.41) is 0.611. The molecule has 0 unspecified atom stereocenters. The number of benzene rings is 1. The van der Waals surface area contributed by atoms with Crippen LogP contribution in [0.5, 0.6) is 0 Å².